The molecule has 39 heavy (non-hydrogen) atoms. The first-order valence-electron chi connectivity index (χ1n) is 13.2. The molecule has 2 nitrogen and oxygen atoms in total. The second-order valence-electron chi connectivity index (χ2n) is 11.1. The number of nitriles is 2. The van der Waals surface area contributed by atoms with Crippen LogP contribution in [0.15, 0.2) is 97.1 Å². The molecule has 0 spiro atoms. The number of nitrogens with zero attached hydrogens (tertiary/aromatic N) is 2. The lowest BCUT2D eigenvalue weighted by Gasteiger charge is -2.29. The van der Waals surface area contributed by atoms with Crippen molar-refractivity contribution in [2.45, 2.75) is 13.1 Å². The van der Waals surface area contributed by atoms with Gasteiger partial charge in [0.25, 0.3) is 0 Å². The lowest BCUT2D eigenvalue weighted by atomic mass is 9.92. The van der Waals surface area contributed by atoms with Crippen LogP contribution in [0.25, 0.3) is 64.6 Å². The zero-order valence-corrected chi connectivity index (χ0v) is 22.6. The van der Waals surface area contributed by atoms with E-state index in [1.54, 1.807) is 0 Å². The van der Waals surface area contributed by atoms with E-state index in [2.05, 4.69) is 110 Å². The van der Waals surface area contributed by atoms with Gasteiger partial charge in [-0.25, -0.2) is 0 Å². The summed E-state index contributed by atoms with van der Waals surface area (Å²) >= 11 is 0. The molecular formula is C36H22N2Si. The van der Waals surface area contributed by atoms with Crippen molar-refractivity contribution in [1.29, 1.82) is 10.5 Å². The molecule has 8 aromatic rings. The third-order valence-corrected chi connectivity index (χ3v) is 12.5. The zero-order valence-electron chi connectivity index (χ0n) is 21.6. The molecule has 0 fully saturated rings. The van der Waals surface area contributed by atoms with Gasteiger partial charge in [-0.15, -0.1) is 0 Å². The minimum absolute atomic E-state index is 0.724. The van der Waals surface area contributed by atoms with E-state index in [4.69, 9.17) is 0 Å². The van der Waals surface area contributed by atoms with Gasteiger partial charge in [0.05, 0.1) is 23.3 Å². The number of benzene rings is 8. The van der Waals surface area contributed by atoms with Crippen molar-refractivity contribution in [3.8, 4) is 12.1 Å². The van der Waals surface area contributed by atoms with Crippen molar-refractivity contribution in [1.82, 2.24) is 0 Å². The number of rotatable bonds is 2. The van der Waals surface area contributed by atoms with Crippen LogP contribution in [-0.4, -0.2) is 8.07 Å². The summed E-state index contributed by atoms with van der Waals surface area (Å²) < 4.78 is 0. The molecule has 180 valence electrons. The summed E-state index contributed by atoms with van der Waals surface area (Å²) in [5.74, 6) is 0. The average molecular weight is 511 g/mol. The highest BCUT2D eigenvalue weighted by atomic mass is 28.3. The predicted octanol–water partition coefficient (Wildman–Crippen LogP) is 8.05. The van der Waals surface area contributed by atoms with E-state index in [1.807, 2.05) is 12.1 Å². The monoisotopic (exact) mass is 510 g/mol. The second-order valence-corrected chi connectivity index (χ2v) is 15.5. The largest absolute Gasteiger partial charge is 0.192 e. The van der Waals surface area contributed by atoms with Gasteiger partial charge in [0.15, 0.2) is 0 Å². The maximum atomic E-state index is 9.79. The van der Waals surface area contributed by atoms with E-state index in [1.165, 1.54) is 64.2 Å². The Balaban J connectivity index is 1.47. The van der Waals surface area contributed by atoms with Crippen LogP contribution < -0.4 is 10.4 Å². The second kappa shape index (κ2) is 7.55. The van der Waals surface area contributed by atoms with Gasteiger partial charge in [-0.3, -0.25) is 0 Å². The highest BCUT2D eigenvalue weighted by Gasteiger charge is 2.31. The van der Waals surface area contributed by atoms with Crippen LogP contribution in [0.5, 0.6) is 0 Å². The first-order valence-corrected chi connectivity index (χ1v) is 16.2. The van der Waals surface area contributed by atoms with E-state index >= 15 is 0 Å². The molecule has 8 rings (SSSR count). The van der Waals surface area contributed by atoms with Crippen molar-refractivity contribution in [2.75, 3.05) is 0 Å². The van der Waals surface area contributed by atoms with Crippen molar-refractivity contribution in [2.24, 2.45) is 0 Å². The molecule has 0 aliphatic carbocycles. The normalized spacial score (nSPS) is 12.3. The van der Waals surface area contributed by atoms with Crippen LogP contribution in [0, 0.1) is 22.7 Å². The molecule has 0 saturated heterocycles. The van der Waals surface area contributed by atoms with Gasteiger partial charge in [-0.2, -0.15) is 10.5 Å². The molecule has 0 saturated carbocycles. The minimum Gasteiger partial charge on any atom is -0.192 e. The van der Waals surface area contributed by atoms with Crippen LogP contribution in [0.3, 0.4) is 0 Å². The van der Waals surface area contributed by atoms with Crippen LogP contribution >= 0.6 is 0 Å². The molecule has 8 aromatic carbocycles. The molecule has 0 radical (unpaired) electrons. The van der Waals surface area contributed by atoms with Crippen molar-refractivity contribution >= 4 is 83.1 Å². The third-order valence-electron chi connectivity index (χ3n) is 8.92. The van der Waals surface area contributed by atoms with Crippen LogP contribution in [0.1, 0.15) is 11.1 Å². The fraction of sp³-hybridized carbons (Fsp3) is 0.0556. The number of hydrogen-bond acceptors (Lipinski definition) is 2. The lowest BCUT2D eigenvalue weighted by Crippen LogP contribution is -2.53. The summed E-state index contributed by atoms with van der Waals surface area (Å²) in [6, 6.07) is 39.5. The molecule has 0 heterocycles. The van der Waals surface area contributed by atoms with Crippen molar-refractivity contribution in [3.05, 3.63) is 108 Å². The Labute approximate surface area is 226 Å². The Morgan fingerprint density at radius 3 is 1.10 bits per heavy atom. The van der Waals surface area contributed by atoms with Gasteiger partial charge >= 0.3 is 0 Å². The van der Waals surface area contributed by atoms with Gasteiger partial charge in [0, 0.05) is 10.8 Å². The van der Waals surface area contributed by atoms with E-state index in [-0.39, 0.29) is 0 Å². The smallest absolute Gasteiger partial charge is 0.113 e. The van der Waals surface area contributed by atoms with Gasteiger partial charge in [0.1, 0.15) is 8.07 Å². The Bertz CT molecular complexity index is 2220. The molecule has 0 N–H and O–H groups in total. The minimum atomic E-state index is -2.21. The maximum Gasteiger partial charge on any atom is 0.113 e. The molecule has 0 bridgehead atoms. The highest BCUT2D eigenvalue weighted by molar-refractivity contribution is 7.03. The summed E-state index contributed by atoms with van der Waals surface area (Å²) in [5.41, 5.74) is 1.45. The summed E-state index contributed by atoms with van der Waals surface area (Å²) in [7, 11) is -2.21. The predicted molar refractivity (Wildman–Crippen MR) is 166 cm³/mol. The molecule has 0 aliphatic heterocycles. The lowest BCUT2D eigenvalue weighted by molar-refractivity contribution is 1.51. The first-order chi connectivity index (χ1) is 19.0. The van der Waals surface area contributed by atoms with Crippen LogP contribution in [0.2, 0.25) is 13.1 Å². The SMILES string of the molecule is C[Si](C)(c1ccc2ccc3ccc(C#N)c4ccc1c2c34)c1ccc2ccc3ccc(C#N)c4ccc1c2c34. The molecule has 0 atom stereocenters. The Morgan fingerprint density at radius 2 is 0.718 bits per heavy atom. The van der Waals surface area contributed by atoms with E-state index in [0.717, 1.165) is 21.9 Å². The van der Waals surface area contributed by atoms with Crippen molar-refractivity contribution < 1.29 is 0 Å². The fourth-order valence-electron chi connectivity index (χ4n) is 7.03. The van der Waals surface area contributed by atoms with Gasteiger partial charge in [-0.1, -0.05) is 98.0 Å². The van der Waals surface area contributed by atoms with Crippen LogP contribution in [-0.2, 0) is 0 Å². The highest BCUT2D eigenvalue weighted by Crippen LogP contribution is 2.38. The molecule has 0 aromatic heterocycles. The van der Waals surface area contributed by atoms with Gasteiger partial charge in [0.2, 0.25) is 0 Å². The Hall–Kier alpha value is -4.96. The average Bonchev–Trinajstić information content (AvgIpc) is 2.98. The summed E-state index contributed by atoms with van der Waals surface area (Å²) in [5, 5.41) is 36.7. The first kappa shape index (κ1) is 22.1. The number of hydrogen-bond donors (Lipinski definition) is 0. The van der Waals surface area contributed by atoms with Gasteiger partial charge in [-0.05, 0) is 76.4 Å². The Kier molecular flexibility index (Phi) is 4.27. The van der Waals surface area contributed by atoms with E-state index in [0.29, 0.717) is 0 Å². The van der Waals surface area contributed by atoms with Crippen LogP contribution in [0.4, 0.5) is 0 Å². The van der Waals surface area contributed by atoms with Crippen molar-refractivity contribution in [3.63, 3.8) is 0 Å². The zero-order chi connectivity index (χ0) is 26.5. The maximum absolute atomic E-state index is 9.79. The quantitative estimate of drug-likeness (QED) is 0.174. The topological polar surface area (TPSA) is 47.6 Å². The molecule has 3 heteroatoms. The summed E-state index contributed by atoms with van der Waals surface area (Å²) in [4.78, 5) is 0. The molecular weight excluding hydrogens is 488 g/mol. The fourth-order valence-corrected chi connectivity index (χ4v) is 10.1. The third kappa shape index (κ3) is 2.78. The van der Waals surface area contributed by atoms with E-state index in [9.17, 15) is 10.5 Å². The molecule has 0 amide bonds. The van der Waals surface area contributed by atoms with Gasteiger partial charge < -0.3 is 0 Å². The van der Waals surface area contributed by atoms with E-state index < -0.39 is 8.07 Å². The Morgan fingerprint density at radius 1 is 0.410 bits per heavy atom. The molecule has 0 unspecified atom stereocenters. The molecule has 0 aliphatic rings. The summed E-state index contributed by atoms with van der Waals surface area (Å²) in [6.07, 6.45) is 0. The summed E-state index contributed by atoms with van der Waals surface area (Å²) in [6.45, 7) is 4.90. The standard InChI is InChI=1S/C36H22N2Si/c1-39(2,31-17-11-23-5-3-21-7-9-25(19-37)27-13-15-29(31)35(23)33(21)27)32-18-12-24-6-4-22-8-10-26(20-38)28-14-16-30(32)36(24)34(22)28/h3-18H,1-2H3.